The Hall–Kier alpha value is -2.19. The summed E-state index contributed by atoms with van der Waals surface area (Å²) in [6.45, 7) is 2.86. The van der Waals surface area contributed by atoms with E-state index in [1.54, 1.807) is 36.4 Å². The summed E-state index contributed by atoms with van der Waals surface area (Å²) in [6, 6.07) is 2.30. The molecule has 0 aliphatic carbocycles. The number of likely N-dealkylation sites (tertiary alicyclic amines) is 1. The van der Waals surface area contributed by atoms with Crippen LogP contribution in [0.3, 0.4) is 0 Å². The van der Waals surface area contributed by atoms with Crippen molar-refractivity contribution in [3.63, 3.8) is 0 Å². The highest BCUT2D eigenvalue weighted by Gasteiger charge is 2.24. The second-order valence-corrected chi connectivity index (χ2v) is 6.81. The molecular formula is C16H19N7S. The molecule has 4 rings (SSSR count). The van der Waals surface area contributed by atoms with E-state index in [1.807, 2.05) is 10.7 Å². The Morgan fingerprint density at radius 1 is 1.21 bits per heavy atom. The summed E-state index contributed by atoms with van der Waals surface area (Å²) >= 11 is 1.61. The molecule has 1 saturated heterocycles. The Kier molecular flexibility index (Phi) is 4.57. The first-order valence-electron chi connectivity index (χ1n) is 8.17. The van der Waals surface area contributed by atoms with Crippen molar-refractivity contribution in [2.45, 2.75) is 38.4 Å². The van der Waals surface area contributed by atoms with Gasteiger partial charge in [-0.25, -0.2) is 19.9 Å². The van der Waals surface area contributed by atoms with Gasteiger partial charge in [0.1, 0.15) is 12.7 Å². The number of hydrogen-bond acceptors (Lipinski definition) is 7. The van der Waals surface area contributed by atoms with Crippen molar-refractivity contribution in [1.82, 2.24) is 34.6 Å². The fraction of sp³-hybridized carbons (Fsp3) is 0.438. The zero-order valence-corrected chi connectivity index (χ0v) is 14.1. The molecule has 0 radical (unpaired) electrons. The summed E-state index contributed by atoms with van der Waals surface area (Å²) in [5.74, 6) is 0.701. The molecule has 7 nitrogen and oxygen atoms in total. The molecule has 0 N–H and O–H groups in total. The van der Waals surface area contributed by atoms with Crippen molar-refractivity contribution in [2.24, 2.45) is 0 Å². The number of rotatable bonds is 5. The van der Waals surface area contributed by atoms with Gasteiger partial charge in [0.15, 0.2) is 10.8 Å². The molecule has 0 spiro atoms. The Morgan fingerprint density at radius 3 is 2.96 bits per heavy atom. The first-order valence-corrected chi connectivity index (χ1v) is 9.05. The zero-order chi connectivity index (χ0) is 16.2. The molecular weight excluding hydrogens is 322 g/mol. The van der Waals surface area contributed by atoms with Crippen molar-refractivity contribution in [3.05, 3.63) is 42.2 Å². The largest absolute Gasteiger partial charge is 0.293 e. The highest BCUT2D eigenvalue weighted by Crippen LogP contribution is 2.24. The standard InChI is InChI=1S/C16H19N7S/c1-2-7-22(14(4-1)9-23-12-17-11-20-23)8-13-10-24-16(21-13)15-18-5-3-6-19-15/h3,5-6,10-12,14H,1-2,4,7-9H2/t14-/m1/s1. The highest BCUT2D eigenvalue weighted by atomic mass is 32.1. The molecule has 0 bridgehead atoms. The van der Waals surface area contributed by atoms with Gasteiger partial charge in [-0.05, 0) is 25.5 Å². The van der Waals surface area contributed by atoms with E-state index in [4.69, 9.17) is 4.98 Å². The van der Waals surface area contributed by atoms with Crippen LogP contribution in [0.15, 0.2) is 36.5 Å². The van der Waals surface area contributed by atoms with Crippen molar-refractivity contribution < 1.29 is 0 Å². The van der Waals surface area contributed by atoms with Gasteiger partial charge in [-0.3, -0.25) is 9.58 Å². The molecule has 3 aromatic rings. The average molecular weight is 341 g/mol. The van der Waals surface area contributed by atoms with Gasteiger partial charge in [-0.2, -0.15) is 5.10 Å². The fourth-order valence-electron chi connectivity index (χ4n) is 3.12. The van der Waals surface area contributed by atoms with Crippen LogP contribution < -0.4 is 0 Å². The summed E-state index contributed by atoms with van der Waals surface area (Å²) in [4.78, 5) is 19.8. The van der Waals surface area contributed by atoms with E-state index in [1.165, 1.54) is 19.3 Å². The molecule has 124 valence electrons. The molecule has 1 aliphatic heterocycles. The van der Waals surface area contributed by atoms with Crippen LogP contribution in [-0.4, -0.2) is 47.2 Å². The lowest BCUT2D eigenvalue weighted by Gasteiger charge is -2.35. The minimum Gasteiger partial charge on any atom is -0.293 e. The molecule has 0 amide bonds. The normalized spacial score (nSPS) is 18.8. The first kappa shape index (κ1) is 15.3. The van der Waals surface area contributed by atoms with E-state index in [-0.39, 0.29) is 0 Å². The third kappa shape index (κ3) is 3.49. The quantitative estimate of drug-likeness (QED) is 0.709. The van der Waals surface area contributed by atoms with Crippen molar-refractivity contribution in [3.8, 4) is 10.8 Å². The van der Waals surface area contributed by atoms with E-state index in [9.17, 15) is 0 Å². The van der Waals surface area contributed by atoms with Gasteiger partial charge in [-0.1, -0.05) is 6.42 Å². The van der Waals surface area contributed by atoms with Crippen molar-refractivity contribution in [2.75, 3.05) is 6.54 Å². The number of thiazole rings is 1. The van der Waals surface area contributed by atoms with Gasteiger partial charge in [0, 0.05) is 30.4 Å². The Bertz CT molecular complexity index is 756. The first-order chi connectivity index (χ1) is 11.9. The Morgan fingerprint density at radius 2 is 2.12 bits per heavy atom. The number of piperidine rings is 1. The minimum atomic E-state index is 0.485. The van der Waals surface area contributed by atoms with Gasteiger partial charge in [0.2, 0.25) is 0 Å². The summed E-state index contributed by atoms with van der Waals surface area (Å²) in [5.41, 5.74) is 1.09. The van der Waals surface area contributed by atoms with Crippen LogP contribution in [-0.2, 0) is 13.1 Å². The van der Waals surface area contributed by atoms with Crippen molar-refractivity contribution >= 4 is 11.3 Å². The summed E-state index contributed by atoms with van der Waals surface area (Å²) in [5, 5.41) is 7.25. The van der Waals surface area contributed by atoms with Gasteiger partial charge >= 0.3 is 0 Å². The van der Waals surface area contributed by atoms with Crippen LogP contribution in [0.5, 0.6) is 0 Å². The fourth-order valence-corrected chi connectivity index (χ4v) is 3.87. The maximum atomic E-state index is 4.72. The minimum absolute atomic E-state index is 0.485. The second kappa shape index (κ2) is 7.14. The van der Waals surface area contributed by atoms with E-state index in [0.717, 1.165) is 30.3 Å². The smallest absolute Gasteiger partial charge is 0.188 e. The predicted molar refractivity (Wildman–Crippen MR) is 91.2 cm³/mol. The number of nitrogens with zero attached hydrogens (tertiary/aromatic N) is 7. The molecule has 3 aromatic heterocycles. The molecule has 8 heteroatoms. The van der Waals surface area contributed by atoms with E-state index in [0.29, 0.717) is 11.9 Å². The lowest BCUT2D eigenvalue weighted by Crippen LogP contribution is -2.41. The van der Waals surface area contributed by atoms with Crippen LogP contribution in [0.25, 0.3) is 10.8 Å². The summed E-state index contributed by atoms with van der Waals surface area (Å²) in [6.07, 6.45) is 10.6. The van der Waals surface area contributed by atoms with Crippen LogP contribution >= 0.6 is 11.3 Å². The SMILES string of the molecule is c1cnc(-c2nc(CN3CCCC[C@@H]3Cn3cncn3)cs2)nc1. The average Bonchev–Trinajstić information content (AvgIpc) is 3.29. The van der Waals surface area contributed by atoms with Crippen LogP contribution in [0.1, 0.15) is 25.0 Å². The number of hydrogen-bond donors (Lipinski definition) is 0. The Labute approximate surface area is 144 Å². The maximum Gasteiger partial charge on any atom is 0.188 e. The molecule has 0 unspecified atom stereocenters. The van der Waals surface area contributed by atoms with E-state index < -0.39 is 0 Å². The second-order valence-electron chi connectivity index (χ2n) is 5.95. The molecule has 24 heavy (non-hydrogen) atoms. The summed E-state index contributed by atoms with van der Waals surface area (Å²) < 4.78 is 1.92. The van der Waals surface area contributed by atoms with Gasteiger partial charge in [0.25, 0.3) is 0 Å². The lowest BCUT2D eigenvalue weighted by molar-refractivity contribution is 0.120. The molecule has 0 aromatic carbocycles. The molecule has 1 fully saturated rings. The highest BCUT2D eigenvalue weighted by molar-refractivity contribution is 7.13. The Balaban J connectivity index is 1.46. The third-order valence-corrected chi connectivity index (χ3v) is 5.17. The third-order valence-electron chi connectivity index (χ3n) is 4.29. The van der Waals surface area contributed by atoms with Crippen LogP contribution in [0.4, 0.5) is 0 Å². The topological polar surface area (TPSA) is 72.6 Å². The van der Waals surface area contributed by atoms with Gasteiger partial charge < -0.3 is 0 Å². The number of aromatic nitrogens is 6. The molecule has 1 aliphatic rings. The molecule has 4 heterocycles. The van der Waals surface area contributed by atoms with Gasteiger partial charge in [0.05, 0.1) is 12.2 Å². The summed E-state index contributed by atoms with van der Waals surface area (Å²) in [7, 11) is 0. The van der Waals surface area contributed by atoms with Gasteiger partial charge in [-0.15, -0.1) is 11.3 Å². The van der Waals surface area contributed by atoms with E-state index in [2.05, 4.69) is 30.3 Å². The lowest BCUT2D eigenvalue weighted by atomic mass is 10.0. The predicted octanol–water partition coefficient (Wildman–Crippen LogP) is 2.25. The zero-order valence-electron chi connectivity index (χ0n) is 13.3. The monoisotopic (exact) mass is 341 g/mol. The van der Waals surface area contributed by atoms with Crippen molar-refractivity contribution in [1.29, 1.82) is 0 Å². The van der Waals surface area contributed by atoms with Crippen LogP contribution in [0.2, 0.25) is 0 Å². The molecule has 0 saturated carbocycles. The van der Waals surface area contributed by atoms with E-state index >= 15 is 0 Å². The maximum absolute atomic E-state index is 4.72. The molecule has 1 atom stereocenters. The van der Waals surface area contributed by atoms with Crippen LogP contribution in [0, 0.1) is 0 Å².